The van der Waals surface area contributed by atoms with E-state index in [0.717, 1.165) is 16.5 Å². The van der Waals surface area contributed by atoms with Crippen molar-refractivity contribution in [2.75, 3.05) is 0 Å². The predicted octanol–water partition coefficient (Wildman–Crippen LogP) is 1.60. The first-order valence-corrected chi connectivity index (χ1v) is 4.73. The zero-order valence-corrected chi connectivity index (χ0v) is 8.62. The van der Waals surface area contributed by atoms with Gasteiger partial charge in [-0.3, -0.25) is 5.43 Å². The second kappa shape index (κ2) is 4.10. The van der Waals surface area contributed by atoms with Crippen molar-refractivity contribution in [2.24, 2.45) is 10.8 Å². The number of hydrogen-bond donors (Lipinski definition) is 2. The van der Waals surface area contributed by atoms with Crippen LogP contribution in [0.25, 0.3) is 11.0 Å². The van der Waals surface area contributed by atoms with E-state index in [1.165, 1.54) is 0 Å². The summed E-state index contributed by atoms with van der Waals surface area (Å²) in [6, 6.07) is 7.61. The molecule has 0 atom stereocenters. The van der Waals surface area contributed by atoms with Crippen molar-refractivity contribution in [2.45, 2.75) is 0 Å². The zero-order chi connectivity index (χ0) is 10.7. The molecular formula is C10H9N3OS. The van der Waals surface area contributed by atoms with Crippen LogP contribution in [0.1, 0.15) is 5.56 Å². The maximum atomic E-state index is 5.25. The summed E-state index contributed by atoms with van der Waals surface area (Å²) in [5.41, 5.74) is 9.51. The molecule has 0 aliphatic rings. The van der Waals surface area contributed by atoms with Crippen LogP contribution in [0, 0.1) is 0 Å². The number of hydrazone groups is 1. The van der Waals surface area contributed by atoms with Gasteiger partial charge >= 0.3 is 0 Å². The van der Waals surface area contributed by atoms with Gasteiger partial charge in [-0.25, -0.2) is 0 Å². The lowest BCUT2D eigenvalue weighted by atomic mass is 10.1. The molecule has 0 fully saturated rings. The van der Waals surface area contributed by atoms with E-state index in [4.69, 9.17) is 10.2 Å². The van der Waals surface area contributed by atoms with Crippen LogP contribution in [0.3, 0.4) is 0 Å². The third kappa shape index (κ3) is 2.13. The molecule has 15 heavy (non-hydrogen) atoms. The van der Waals surface area contributed by atoms with Crippen molar-refractivity contribution in [3.05, 3.63) is 36.1 Å². The van der Waals surface area contributed by atoms with Crippen molar-refractivity contribution < 1.29 is 4.42 Å². The van der Waals surface area contributed by atoms with Crippen LogP contribution in [0.4, 0.5) is 0 Å². The third-order valence-electron chi connectivity index (χ3n) is 1.91. The number of nitrogens with two attached hydrogens (primary N) is 1. The van der Waals surface area contributed by atoms with Crippen molar-refractivity contribution in [1.29, 1.82) is 0 Å². The fourth-order valence-corrected chi connectivity index (χ4v) is 1.35. The highest BCUT2D eigenvalue weighted by atomic mass is 32.1. The number of fused-ring (bicyclic) bond motifs is 1. The third-order valence-corrected chi connectivity index (χ3v) is 2.00. The Bertz CT molecular complexity index is 518. The molecule has 0 aliphatic heterocycles. The molecule has 0 saturated carbocycles. The molecule has 2 aromatic rings. The zero-order valence-electron chi connectivity index (χ0n) is 7.81. The maximum Gasteiger partial charge on any atom is 0.184 e. The Labute approximate surface area is 91.8 Å². The standard InChI is InChI=1S/C10H9N3OS/c11-10(15)13-12-6-7-2-1-3-9-8(7)4-5-14-9/h1-6H,(H3,11,13,15). The number of benzene rings is 1. The van der Waals surface area contributed by atoms with Gasteiger partial charge in [-0.1, -0.05) is 12.1 Å². The van der Waals surface area contributed by atoms with E-state index >= 15 is 0 Å². The number of rotatable bonds is 2. The summed E-state index contributed by atoms with van der Waals surface area (Å²) in [5, 5.41) is 5.04. The molecular weight excluding hydrogens is 210 g/mol. The molecule has 5 heteroatoms. The summed E-state index contributed by atoms with van der Waals surface area (Å²) in [5.74, 6) is 0. The molecule has 4 nitrogen and oxygen atoms in total. The van der Waals surface area contributed by atoms with E-state index in [-0.39, 0.29) is 5.11 Å². The van der Waals surface area contributed by atoms with E-state index in [1.54, 1.807) is 12.5 Å². The lowest BCUT2D eigenvalue weighted by Gasteiger charge is -1.96. The van der Waals surface area contributed by atoms with Crippen LogP contribution in [-0.4, -0.2) is 11.3 Å². The first-order chi connectivity index (χ1) is 7.27. The van der Waals surface area contributed by atoms with Crippen molar-refractivity contribution >= 4 is 34.5 Å². The predicted molar refractivity (Wildman–Crippen MR) is 63.7 cm³/mol. The van der Waals surface area contributed by atoms with Crippen LogP contribution in [0.15, 0.2) is 40.0 Å². The van der Waals surface area contributed by atoms with Gasteiger partial charge in [-0.15, -0.1) is 0 Å². The Morgan fingerprint density at radius 2 is 2.33 bits per heavy atom. The van der Waals surface area contributed by atoms with Gasteiger partial charge in [0.05, 0.1) is 12.5 Å². The molecule has 76 valence electrons. The molecule has 0 unspecified atom stereocenters. The molecule has 3 N–H and O–H groups in total. The fraction of sp³-hybridized carbons (Fsp3) is 0. The highest BCUT2D eigenvalue weighted by Crippen LogP contribution is 2.17. The number of thiocarbonyl (C=S) groups is 1. The Morgan fingerprint density at radius 3 is 3.13 bits per heavy atom. The number of furan rings is 1. The Balaban J connectivity index is 2.31. The minimum Gasteiger partial charge on any atom is -0.464 e. The maximum absolute atomic E-state index is 5.25. The monoisotopic (exact) mass is 219 g/mol. The first kappa shape index (κ1) is 9.67. The second-order valence-corrected chi connectivity index (χ2v) is 3.35. The molecule has 2 rings (SSSR count). The summed E-state index contributed by atoms with van der Waals surface area (Å²) < 4.78 is 5.25. The lowest BCUT2D eigenvalue weighted by molar-refractivity contribution is 0.616. The van der Waals surface area contributed by atoms with E-state index in [0.29, 0.717) is 0 Å². The Morgan fingerprint density at radius 1 is 1.47 bits per heavy atom. The number of nitrogens with one attached hydrogen (secondary N) is 1. The topological polar surface area (TPSA) is 63.5 Å². The molecule has 0 bridgehead atoms. The normalized spacial score (nSPS) is 10.9. The van der Waals surface area contributed by atoms with Gasteiger partial charge in [-0.2, -0.15) is 5.10 Å². The van der Waals surface area contributed by atoms with Crippen molar-refractivity contribution in [1.82, 2.24) is 5.43 Å². The van der Waals surface area contributed by atoms with Gasteiger partial charge in [0.2, 0.25) is 0 Å². The van der Waals surface area contributed by atoms with E-state index in [2.05, 4.69) is 22.7 Å². The van der Waals surface area contributed by atoms with Crippen molar-refractivity contribution in [3.8, 4) is 0 Å². The summed E-state index contributed by atoms with van der Waals surface area (Å²) in [4.78, 5) is 0. The van der Waals surface area contributed by atoms with Gasteiger partial charge in [0, 0.05) is 10.9 Å². The minimum absolute atomic E-state index is 0.144. The number of hydrogen-bond acceptors (Lipinski definition) is 3. The molecule has 1 aromatic carbocycles. The Hall–Kier alpha value is -1.88. The smallest absolute Gasteiger partial charge is 0.184 e. The highest BCUT2D eigenvalue weighted by molar-refractivity contribution is 7.80. The van der Waals surface area contributed by atoms with Crippen LogP contribution in [-0.2, 0) is 0 Å². The quantitative estimate of drug-likeness (QED) is 0.457. The number of nitrogens with zero attached hydrogens (tertiary/aromatic N) is 1. The summed E-state index contributed by atoms with van der Waals surface area (Å²) in [6.45, 7) is 0. The molecule has 0 saturated heterocycles. The van der Waals surface area contributed by atoms with Gasteiger partial charge in [-0.05, 0) is 24.4 Å². The fourth-order valence-electron chi connectivity index (χ4n) is 1.30. The summed E-state index contributed by atoms with van der Waals surface area (Å²) >= 11 is 4.62. The van der Waals surface area contributed by atoms with Gasteiger partial charge in [0.1, 0.15) is 5.58 Å². The summed E-state index contributed by atoms with van der Waals surface area (Å²) in [7, 11) is 0. The second-order valence-electron chi connectivity index (χ2n) is 2.91. The molecule has 1 heterocycles. The van der Waals surface area contributed by atoms with Crippen LogP contribution >= 0.6 is 12.2 Å². The van der Waals surface area contributed by atoms with E-state index in [9.17, 15) is 0 Å². The highest BCUT2D eigenvalue weighted by Gasteiger charge is 1.99. The molecule has 0 aliphatic carbocycles. The van der Waals surface area contributed by atoms with Gasteiger partial charge < -0.3 is 10.2 Å². The van der Waals surface area contributed by atoms with Crippen LogP contribution in [0.5, 0.6) is 0 Å². The average Bonchev–Trinajstić information content (AvgIpc) is 2.65. The summed E-state index contributed by atoms with van der Waals surface area (Å²) in [6.07, 6.45) is 3.29. The van der Waals surface area contributed by atoms with E-state index in [1.807, 2.05) is 24.3 Å². The van der Waals surface area contributed by atoms with Crippen LogP contribution in [0.2, 0.25) is 0 Å². The average molecular weight is 219 g/mol. The SMILES string of the molecule is NC(=S)NN=Cc1cccc2occc12. The van der Waals surface area contributed by atoms with E-state index < -0.39 is 0 Å². The minimum atomic E-state index is 0.144. The van der Waals surface area contributed by atoms with Gasteiger partial charge in [0.15, 0.2) is 5.11 Å². The molecule has 1 aromatic heterocycles. The largest absolute Gasteiger partial charge is 0.464 e. The lowest BCUT2D eigenvalue weighted by Crippen LogP contribution is -2.23. The first-order valence-electron chi connectivity index (χ1n) is 4.32. The molecule has 0 spiro atoms. The van der Waals surface area contributed by atoms with Gasteiger partial charge in [0.25, 0.3) is 0 Å². The molecule has 0 amide bonds. The Kier molecular flexibility index (Phi) is 2.64. The van der Waals surface area contributed by atoms with Crippen molar-refractivity contribution in [3.63, 3.8) is 0 Å². The molecule has 0 radical (unpaired) electrons. The van der Waals surface area contributed by atoms with Crippen LogP contribution < -0.4 is 11.2 Å².